The van der Waals surface area contributed by atoms with Gasteiger partial charge in [-0.25, -0.2) is 4.98 Å². The van der Waals surface area contributed by atoms with Gasteiger partial charge in [0.15, 0.2) is 0 Å². The van der Waals surface area contributed by atoms with E-state index in [0.717, 1.165) is 22.2 Å². The lowest BCUT2D eigenvalue weighted by atomic mass is 10.2. The first-order chi connectivity index (χ1) is 8.72. The highest BCUT2D eigenvalue weighted by atomic mass is 79.9. The van der Waals surface area contributed by atoms with E-state index in [2.05, 4.69) is 33.2 Å². The van der Waals surface area contributed by atoms with Crippen LogP contribution in [0.1, 0.15) is 11.1 Å². The fourth-order valence-corrected chi connectivity index (χ4v) is 2.27. The van der Waals surface area contributed by atoms with E-state index in [0.29, 0.717) is 5.88 Å². The largest absolute Gasteiger partial charge is 0.439 e. The predicted molar refractivity (Wildman–Crippen MR) is 79.9 cm³/mol. The summed E-state index contributed by atoms with van der Waals surface area (Å²) in [7, 11) is 0. The molecule has 0 fully saturated rings. The van der Waals surface area contributed by atoms with E-state index in [4.69, 9.17) is 4.74 Å². The van der Waals surface area contributed by atoms with Gasteiger partial charge >= 0.3 is 0 Å². The molecule has 4 heteroatoms. The van der Waals surface area contributed by atoms with Gasteiger partial charge < -0.3 is 4.74 Å². The van der Waals surface area contributed by atoms with Crippen molar-refractivity contribution in [2.45, 2.75) is 17.1 Å². The summed E-state index contributed by atoms with van der Waals surface area (Å²) in [6.45, 7) is 2.00. The molecular weight excluding hydrogens is 310 g/mol. The van der Waals surface area contributed by atoms with Gasteiger partial charge in [0.05, 0.1) is 0 Å². The SMILES string of the molecule is CSc1ccc(Oc2ncc(CBr)cc2C)cc1. The first-order valence-corrected chi connectivity index (χ1v) is 7.91. The van der Waals surface area contributed by atoms with Crippen molar-refractivity contribution in [3.63, 3.8) is 0 Å². The highest BCUT2D eigenvalue weighted by Crippen LogP contribution is 2.25. The average molecular weight is 324 g/mol. The van der Waals surface area contributed by atoms with E-state index in [1.807, 2.05) is 37.4 Å². The number of thioether (sulfide) groups is 1. The molecule has 0 atom stereocenters. The van der Waals surface area contributed by atoms with E-state index in [1.54, 1.807) is 11.8 Å². The molecule has 0 amide bonds. The van der Waals surface area contributed by atoms with Gasteiger partial charge in [0.2, 0.25) is 5.88 Å². The second-order valence-corrected chi connectivity index (χ2v) is 5.32. The minimum atomic E-state index is 0.664. The van der Waals surface area contributed by atoms with Crippen LogP contribution in [0.3, 0.4) is 0 Å². The Morgan fingerprint density at radius 2 is 2.00 bits per heavy atom. The van der Waals surface area contributed by atoms with Crippen LogP contribution < -0.4 is 4.74 Å². The molecule has 1 aromatic carbocycles. The third-order valence-electron chi connectivity index (χ3n) is 2.52. The number of rotatable bonds is 4. The van der Waals surface area contributed by atoms with Gasteiger partial charge in [0.25, 0.3) is 0 Å². The Morgan fingerprint density at radius 3 is 2.56 bits per heavy atom. The molecule has 0 radical (unpaired) electrons. The topological polar surface area (TPSA) is 22.1 Å². The van der Waals surface area contributed by atoms with Crippen LogP contribution in [0.5, 0.6) is 11.6 Å². The smallest absolute Gasteiger partial charge is 0.222 e. The highest BCUT2D eigenvalue weighted by Gasteiger charge is 2.04. The monoisotopic (exact) mass is 323 g/mol. The summed E-state index contributed by atoms with van der Waals surface area (Å²) in [6, 6.07) is 10.1. The molecule has 2 nitrogen and oxygen atoms in total. The van der Waals surface area contributed by atoms with E-state index in [1.165, 1.54) is 4.90 Å². The molecule has 0 aliphatic heterocycles. The lowest BCUT2D eigenvalue weighted by Gasteiger charge is -2.08. The third kappa shape index (κ3) is 3.27. The molecule has 1 aromatic heterocycles. The van der Waals surface area contributed by atoms with Crippen molar-refractivity contribution < 1.29 is 4.74 Å². The first kappa shape index (κ1) is 13.4. The summed E-state index contributed by atoms with van der Waals surface area (Å²) in [5.41, 5.74) is 2.19. The lowest BCUT2D eigenvalue weighted by Crippen LogP contribution is -1.92. The summed E-state index contributed by atoms with van der Waals surface area (Å²) in [4.78, 5) is 5.55. The zero-order valence-corrected chi connectivity index (χ0v) is 12.7. The molecule has 0 bridgehead atoms. The van der Waals surface area contributed by atoms with Crippen LogP contribution in [0, 0.1) is 6.92 Å². The average Bonchev–Trinajstić information content (AvgIpc) is 2.42. The molecule has 0 aliphatic carbocycles. The van der Waals surface area contributed by atoms with Crippen LogP contribution >= 0.6 is 27.7 Å². The zero-order valence-electron chi connectivity index (χ0n) is 10.3. The molecule has 18 heavy (non-hydrogen) atoms. The van der Waals surface area contributed by atoms with Crippen LogP contribution in [0.15, 0.2) is 41.4 Å². The van der Waals surface area contributed by atoms with Crippen LogP contribution in [0.25, 0.3) is 0 Å². The van der Waals surface area contributed by atoms with E-state index >= 15 is 0 Å². The quantitative estimate of drug-likeness (QED) is 0.596. The van der Waals surface area contributed by atoms with Crippen molar-refractivity contribution in [2.24, 2.45) is 0 Å². The van der Waals surface area contributed by atoms with Gasteiger partial charge in [-0.2, -0.15) is 0 Å². The van der Waals surface area contributed by atoms with Crippen molar-refractivity contribution in [1.82, 2.24) is 4.98 Å². The molecule has 2 aromatic rings. The zero-order chi connectivity index (χ0) is 13.0. The molecule has 1 heterocycles. The Labute approximate surface area is 120 Å². The number of pyridine rings is 1. The fraction of sp³-hybridized carbons (Fsp3) is 0.214. The van der Waals surface area contributed by atoms with Crippen LogP contribution in [0.2, 0.25) is 0 Å². The van der Waals surface area contributed by atoms with E-state index in [-0.39, 0.29) is 0 Å². The standard InChI is InChI=1S/C14H14BrNOS/c1-10-7-11(8-15)9-16-14(10)17-12-3-5-13(18-2)6-4-12/h3-7,9H,8H2,1-2H3. The highest BCUT2D eigenvalue weighted by molar-refractivity contribution is 9.08. The first-order valence-electron chi connectivity index (χ1n) is 5.56. The minimum absolute atomic E-state index is 0.664. The predicted octanol–water partition coefficient (Wildman–Crippen LogP) is 4.80. The second-order valence-electron chi connectivity index (χ2n) is 3.88. The summed E-state index contributed by atoms with van der Waals surface area (Å²) in [5.74, 6) is 1.48. The number of benzene rings is 1. The van der Waals surface area contributed by atoms with Crippen LogP contribution in [0.4, 0.5) is 0 Å². The number of nitrogens with zero attached hydrogens (tertiary/aromatic N) is 1. The number of ether oxygens (including phenoxy) is 1. The number of hydrogen-bond acceptors (Lipinski definition) is 3. The summed E-state index contributed by atoms with van der Waals surface area (Å²) >= 11 is 5.13. The Bertz CT molecular complexity index is 528. The Balaban J connectivity index is 2.17. The van der Waals surface area contributed by atoms with Crippen molar-refractivity contribution in [3.05, 3.63) is 47.7 Å². The maximum absolute atomic E-state index is 5.77. The Hall–Kier alpha value is -1.00. The van der Waals surface area contributed by atoms with Crippen molar-refractivity contribution in [2.75, 3.05) is 6.26 Å². The van der Waals surface area contributed by atoms with Gasteiger partial charge in [-0.3, -0.25) is 0 Å². The van der Waals surface area contributed by atoms with Crippen LogP contribution in [-0.4, -0.2) is 11.2 Å². The minimum Gasteiger partial charge on any atom is -0.439 e. The molecule has 0 spiro atoms. The third-order valence-corrected chi connectivity index (χ3v) is 3.91. The fourth-order valence-electron chi connectivity index (χ4n) is 1.56. The van der Waals surface area contributed by atoms with Gasteiger partial charge in [-0.15, -0.1) is 11.8 Å². The summed E-state index contributed by atoms with van der Waals surface area (Å²) < 4.78 is 5.77. The molecule has 94 valence electrons. The van der Waals surface area contributed by atoms with Crippen molar-refractivity contribution in [3.8, 4) is 11.6 Å². The van der Waals surface area contributed by atoms with Gasteiger partial charge in [0.1, 0.15) is 5.75 Å². The van der Waals surface area contributed by atoms with Gasteiger partial charge in [-0.05, 0) is 49.1 Å². The lowest BCUT2D eigenvalue weighted by molar-refractivity contribution is 0.458. The number of halogens is 1. The molecule has 0 aliphatic rings. The molecule has 2 rings (SSSR count). The molecule has 0 saturated heterocycles. The Morgan fingerprint density at radius 1 is 1.28 bits per heavy atom. The molecule has 0 unspecified atom stereocenters. The van der Waals surface area contributed by atoms with E-state index in [9.17, 15) is 0 Å². The Kier molecular flexibility index (Phi) is 4.66. The maximum Gasteiger partial charge on any atom is 0.222 e. The molecule has 0 N–H and O–H groups in total. The molecule has 0 saturated carbocycles. The normalized spacial score (nSPS) is 10.4. The van der Waals surface area contributed by atoms with Crippen molar-refractivity contribution in [1.29, 1.82) is 0 Å². The number of hydrogen-bond donors (Lipinski definition) is 0. The summed E-state index contributed by atoms with van der Waals surface area (Å²) in [6.07, 6.45) is 3.88. The number of aryl methyl sites for hydroxylation is 1. The number of alkyl halides is 1. The van der Waals surface area contributed by atoms with E-state index < -0.39 is 0 Å². The summed E-state index contributed by atoms with van der Waals surface area (Å²) in [5, 5.41) is 0.809. The maximum atomic E-state index is 5.77. The second kappa shape index (κ2) is 6.25. The van der Waals surface area contributed by atoms with Gasteiger partial charge in [0, 0.05) is 22.0 Å². The number of aromatic nitrogens is 1. The molecular formula is C14H14BrNOS. The van der Waals surface area contributed by atoms with Crippen molar-refractivity contribution >= 4 is 27.7 Å². The van der Waals surface area contributed by atoms with Crippen LogP contribution in [-0.2, 0) is 5.33 Å². The van der Waals surface area contributed by atoms with Gasteiger partial charge in [-0.1, -0.05) is 15.9 Å².